The van der Waals surface area contributed by atoms with Crippen LogP contribution < -0.4 is 10.1 Å². The van der Waals surface area contributed by atoms with E-state index in [1.165, 1.54) is 17.7 Å². The summed E-state index contributed by atoms with van der Waals surface area (Å²) >= 11 is 1.64. The quantitative estimate of drug-likeness (QED) is 0.810. The molecule has 0 aromatic carbocycles. The minimum atomic E-state index is 0.769. The summed E-state index contributed by atoms with van der Waals surface area (Å²) < 4.78 is 5.10. The first-order valence-corrected chi connectivity index (χ1v) is 5.82. The summed E-state index contributed by atoms with van der Waals surface area (Å²) in [6.45, 7) is 4.12. The molecule has 1 aromatic heterocycles. The van der Waals surface area contributed by atoms with Gasteiger partial charge >= 0.3 is 0 Å². The summed E-state index contributed by atoms with van der Waals surface area (Å²) in [5.74, 6) is 0.935. The molecule has 0 unspecified atom stereocenters. The average Bonchev–Trinajstić information content (AvgIpc) is 2.92. The van der Waals surface area contributed by atoms with Gasteiger partial charge in [0.25, 0.3) is 5.19 Å². The number of ether oxygens (including phenoxy) is 1. The van der Waals surface area contributed by atoms with Crippen LogP contribution in [0.3, 0.4) is 0 Å². The van der Waals surface area contributed by atoms with Gasteiger partial charge in [-0.25, -0.2) is 4.98 Å². The van der Waals surface area contributed by atoms with Gasteiger partial charge in [-0.05, 0) is 32.2 Å². The van der Waals surface area contributed by atoms with Gasteiger partial charge in [0.2, 0.25) is 0 Å². The number of thiazole rings is 1. The second-order valence-corrected chi connectivity index (χ2v) is 4.81. The summed E-state index contributed by atoms with van der Waals surface area (Å²) in [4.78, 5) is 5.59. The molecule has 4 heteroatoms. The molecule has 1 aliphatic carbocycles. The largest absolute Gasteiger partial charge is 0.473 e. The third-order valence-corrected chi connectivity index (χ3v) is 3.58. The fraction of sp³-hybridized carbons (Fsp3) is 0.700. The molecule has 3 nitrogen and oxygen atoms in total. The highest BCUT2D eigenvalue weighted by Crippen LogP contribution is 2.28. The Kier molecular flexibility index (Phi) is 3.03. The molecule has 1 fully saturated rings. The Balaban J connectivity index is 1.83. The zero-order valence-electron chi connectivity index (χ0n) is 8.67. The summed E-state index contributed by atoms with van der Waals surface area (Å²) in [5.41, 5.74) is 1.09. The van der Waals surface area contributed by atoms with Crippen LogP contribution in [0.15, 0.2) is 0 Å². The molecule has 2 rings (SSSR count). The molecule has 78 valence electrons. The molecule has 1 aromatic rings. The minimum Gasteiger partial charge on any atom is -0.473 e. The zero-order valence-corrected chi connectivity index (χ0v) is 9.49. The second kappa shape index (κ2) is 4.28. The highest BCUT2D eigenvalue weighted by Gasteiger charge is 2.20. The van der Waals surface area contributed by atoms with Crippen molar-refractivity contribution in [3.05, 3.63) is 10.6 Å². The van der Waals surface area contributed by atoms with E-state index >= 15 is 0 Å². The van der Waals surface area contributed by atoms with Crippen molar-refractivity contribution in [2.24, 2.45) is 5.92 Å². The molecule has 0 amide bonds. The number of aryl methyl sites for hydroxylation is 1. The van der Waals surface area contributed by atoms with Crippen molar-refractivity contribution in [3.63, 3.8) is 0 Å². The molecule has 0 bridgehead atoms. The Morgan fingerprint density at radius 3 is 2.93 bits per heavy atom. The zero-order chi connectivity index (χ0) is 9.97. The summed E-state index contributed by atoms with van der Waals surface area (Å²) in [6, 6.07) is 0. The van der Waals surface area contributed by atoms with Crippen molar-refractivity contribution in [3.8, 4) is 5.19 Å². The third-order valence-electron chi connectivity index (χ3n) is 2.46. The van der Waals surface area contributed by atoms with Crippen LogP contribution in [0.5, 0.6) is 5.19 Å². The topological polar surface area (TPSA) is 34.1 Å². The van der Waals surface area contributed by atoms with Crippen molar-refractivity contribution in [1.82, 2.24) is 10.3 Å². The van der Waals surface area contributed by atoms with Crippen molar-refractivity contribution in [2.45, 2.75) is 26.3 Å². The van der Waals surface area contributed by atoms with E-state index in [0.717, 1.165) is 29.9 Å². The number of hydrogen-bond acceptors (Lipinski definition) is 4. The number of methoxy groups -OCH3 is 1. The second-order valence-electron chi connectivity index (χ2n) is 3.77. The molecule has 0 spiro atoms. The molecule has 0 aliphatic heterocycles. The lowest BCUT2D eigenvalue weighted by Crippen LogP contribution is -2.15. The lowest BCUT2D eigenvalue weighted by atomic mass is 10.3. The van der Waals surface area contributed by atoms with Gasteiger partial charge in [-0.1, -0.05) is 11.3 Å². The van der Waals surface area contributed by atoms with Gasteiger partial charge in [0, 0.05) is 11.4 Å². The first kappa shape index (κ1) is 9.93. The molecule has 0 radical (unpaired) electrons. The molecular formula is C10H16N2OS. The van der Waals surface area contributed by atoms with E-state index in [1.807, 2.05) is 6.92 Å². The maximum Gasteiger partial charge on any atom is 0.273 e. The van der Waals surface area contributed by atoms with E-state index in [-0.39, 0.29) is 0 Å². The lowest BCUT2D eigenvalue weighted by Gasteiger charge is -2.00. The van der Waals surface area contributed by atoms with Crippen LogP contribution in [0.4, 0.5) is 0 Å². The van der Waals surface area contributed by atoms with Crippen molar-refractivity contribution in [2.75, 3.05) is 13.7 Å². The fourth-order valence-electron chi connectivity index (χ4n) is 1.36. The van der Waals surface area contributed by atoms with Crippen LogP contribution in [0, 0.1) is 12.8 Å². The summed E-state index contributed by atoms with van der Waals surface area (Å²) in [6.07, 6.45) is 2.80. The Hall–Kier alpha value is -0.610. The predicted octanol–water partition coefficient (Wildman–Crippen LogP) is 1.96. The van der Waals surface area contributed by atoms with Gasteiger partial charge < -0.3 is 10.1 Å². The van der Waals surface area contributed by atoms with E-state index in [9.17, 15) is 0 Å². The highest BCUT2D eigenvalue weighted by molar-refractivity contribution is 7.13. The van der Waals surface area contributed by atoms with E-state index in [1.54, 1.807) is 18.4 Å². The first-order valence-electron chi connectivity index (χ1n) is 5.00. The molecule has 1 N–H and O–H groups in total. The van der Waals surface area contributed by atoms with Crippen molar-refractivity contribution in [1.29, 1.82) is 0 Å². The Morgan fingerprint density at radius 1 is 1.57 bits per heavy atom. The molecule has 0 atom stereocenters. The molecule has 14 heavy (non-hydrogen) atoms. The Labute approximate surface area is 88.5 Å². The summed E-state index contributed by atoms with van der Waals surface area (Å²) in [5, 5.41) is 4.23. The molecule has 1 heterocycles. The van der Waals surface area contributed by atoms with E-state index < -0.39 is 0 Å². The SMILES string of the molecule is COc1nc(C)c(CNCC2CC2)s1. The van der Waals surface area contributed by atoms with E-state index in [2.05, 4.69) is 10.3 Å². The Bertz CT molecular complexity index is 307. The van der Waals surface area contributed by atoms with Crippen molar-refractivity contribution < 1.29 is 4.74 Å². The van der Waals surface area contributed by atoms with Crippen LogP contribution in [-0.2, 0) is 6.54 Å². The minimum absolute atomic E-state index is 0.769. The number of nitrogens with one attached hydrogen (secondary N) is 1. The monoisotopic (exact) mass is 212 g/mol. The molecule has 1 aliphatic rings. The number of aromatic nitrogens is 1. The highest BCUT2D eigenvalue weighted by atomic mass is 32.1. The summed E-state index contributed by atoms with van der Waals surface area (Å²) in [7, 11) is 1.67. The number of nitrogens with zero attached hydrogens (tertiary/aromatic N) is 1. The van der Waals surface area contributed by atoms with Gasteiger partial charge in [0.05, 0.1) is 12.8 Å². The number of hydrogen-bond donors (Lipinski definition) is 1. The Morgan fingerprint density at radius 2 is 2.36 bits per heavy atom. The molecular weight excluding hydrogens is 196 g/mol. The first-order chi connectivity index (χ1) is 6.79. The van der Waals surface area contributed by atoms with Crippen molar-refractivity contribution >= 4 is 11.3 Å². The average molecular weight is 212 g/mol. The van der Waals surface area contributed by atoms with Gasteiger partial charge in [0.1, 0.15) is 0 Å². The lowest BCUT2D eigenvalue weighted by molar-refractivity contribution is 0.411. The van der Waals surface area contributed by atoms with Gasteiger partial charge in [0.15, 0.2) is 0 Å². The van der Waals surface area contributed by atoms with Crippen LogP contribution in [0.1, 0.15) is 23.4 Å². The van der Waals surface area contributed by atoms with Crippen LogP contribution in [0.25, 0.3) is 0 Å². The standard InChI is InChI=1S/C10H16N2OS/c1-7-9(14-10(12-7)13-2)6-11-5-8-3-4-8/h8,11H,3-6H2,1-2H3. The van der Waals surface area contributed by atoms with Crippen LogP contribution >= 0.6 is 11.3 Å². The third kappa shape index (κ3) is 2.45. The van der Waals surface area contributed by atoms with E-state index in [0.29, 0.717) is 0 Å². The maximum absolute atomic E-state index is 5.10. The van der Waals surface area contributed by atoms with Gasteiger partial charge in [-0.15, -0.1) is 0 Å². The van der Waals surface area contributed by atoms with Gasteiger partial charge in [-0.2, -0.15) is 0 Å². The fourth-order valence-corrected chi connectivity index (χ4v) is 2.21. The van der Waals surface area contributed by atoms with Crippen LogP contribution in [0.2, 0.25) is 0 Å². The smallest absolute Gasteiger partial charge is 0.273 e. The van der Waals surface area contributed by atoms with E-state index in [4.69, 9.17) is 4.74 Å². The predicted molar refractivity (Wildman–Crippen MR) is 57.8 cm³/mol. The van der Waals surface area contributed by atoms with Crippen LogP contribution in [-0.4, -0.2) is 18.6 Å². The normalized spacial score (nSPS) is 15.9. The molecule has 1 saturated carbocycles. The maximum atomic E-state index is 5.10. The molecule has 0 saturated heterocycles. The number of rotatable bonds is 5. The van der Waals surface area contributed by atoms with Gasteiger partial charge in [-0.3, -0.25) is 0 Å².